The monoisotopic (exact) mass is 497 g/mol. The molecule has 1 heterocycles. The average Bonchev–Trinajstić information content (AvgIpc) is 3.37. The first-order chi connectivity index (χ1) is 16.8. The van der Waals surface area contributed by atoms with Crippen molar-refractivity contribution in [3.05, 3.63) is 99.7 Å². The topological polar surface area (TPSA) is 115 Å². The summed E-state index contributed by atoms with van der Waals surface area (Å²) in [6, 6.07) is 24.3. The molecule has 0 saturated heterocycles. The first-order valence-electron chi connectivity index (χ1n) is 10.4. The Morgan fingerprint density at radius 2 is 1.26 bits per heavy atom. The first kappa shape index (κ1) is 22.6. The number of carbonyl (C=O) groups is 3. The number of allylic oxidation sites excluding steroid dienone is 4. The van der Waals surface area contributed by atoms with Crippen LogP contribution in [0.4, 0.5) is 0 Å². The molecule has 0 radical (unpaired) electrons. The third-order valence-electron chi connectivity index (χ3n) is 6.47. The van der Waals surface area contributed by atoms with Gasteiger partial charge in [-0.2, -0.15) is 10.5 Å². The zero-order chi connectivity index (χ0) is 25.0. The number of H-pyrrole nitrogens is 1. The lowest BCUT2D eigenvalue weighted by atomic mass is 9.41. The number of carbonyl (C=O) groups excluding carboxylic acids is 3. The molecule has 0 bridgehead atoms. The van der Waals surface area contributed by atoms with Crippen molar-refractivity contribution in [1.29, 1.82) is 10.5 Å². The third-order valence-corrected chi connectivity index (χ3v) is 7.29. The number of benzene rings is 2. The fourth-order valence-corrected chi connectivity index (χ4v) is 5.30. The highest BCUT2D eigenvalue weighted by Crippen LogP contribution is 2.69. The molecular formula is C27H13Cl2N3O3. The molecule has 35 heavy (non-hydrogen) atoms. The smallest absolute Gasteiger partial charge is 0.203 e. The molecule has 168 valence electrons. The van der Waals surface area contributed by atoms with E-state index < -0.39 is 38.2 Å². The Morgan fingerprint density at radius 3 is 1.83 bits per heavy atom. The van der Waals surface area contributed by atoms with Crippen LogP contribution in [0.3, 0.4) is 0 Å². The summed E-state index contributed by atoms with van der Waals surface area (Å²) >= 11 is 12.2. The predicted molar refractivity (Wildman–Crippen MR) is 129 cm³/mol. The highest BCUT2D eigenvalue weighted by Gasteiger charge is 2.78. The van der Waals surface area contributed by atoms with Gasteiger partial charge in [-0.15, -0.1) is 0 Å². The van der Waals surface area contributed by atoms with Crippen molar-refractivity contribution >= 4 is 46.1 Å². The quantitative estimate of drug-likeness (QED) is 0.497. The summed E-state index contributed by atoms with van der Waals surface area (Å²) in [4.78, 5) is 43.7. The number of halogens is 2. The first-order valence-corrected chi connectivity index (χ1v) is 11.2. The van der Waals surface area contributed by atoms with E-state index in [1.807, 2.05) is 42.5 Å². The number of ketones is 3. The fraction of sp³-hybridized carbons (Fsp3) is 0.0741. The molecule has 0 saturated carbocycles. The van der Waals surface area contributed by atoms with Gasteiger partial charge < -0.3 is 4.98 Å². The number of nitrogens with zero attached hydrogens (tertiary/aromatic N) is 2. The van der Waals surface area contributed by atoms with E-state index in [2.05, 4.69) is 4.98 Å². The molecule has 2 aliphatic carbocycles. The molecule has 2 atom stereocenters. The van der Waals surface area contributed by atoms with E-state index >= 15 is 0 Å². The Bertz CT molecular complexity index is 1590. The number of rotatable bonds is 4. The number of aromatic amines is 1. The highest BCUT2D eigenvalue weighted by molar-refractivity contribution is 6.59. The number of nitriles is 2. The van der Waals surface area contributed by atoms with Gasteiger partial charge in [0.25, 0.3) is 0 Å². The lowest BCUT2D eigenvalue weighted by Gasteiger charge is -2.52. The van der Waals surface area contributed by atoms with Gasteiger partial charge in [-0.1, -0.05) is 83.9 Å². The molecular weight excluding hydrogens is 485 g/mol. The highest BCUT2D eigenvalue weighted by atomic mass is 35.5. The number of fused-ring (bicyclic) bond motifs is 1. The predicted octanol–water partition coefficient (Wildman–Crippen LogP) is 5.19. The maximum Gasteiger partial charge on any atom is 0.203 e. The van der Waals surface area contributed by atoms with E-state index in [9.17, 15) is 24.9 Å². The third kappa shape index (κ3) is 2.73. The van der Waals surface area contributed by atoms with E-state index in [-0.39, 0.29) is 22.4 Å². The van der Waals surface area contributed by atoms with Gasteiger partial charge in [0.2, 0.25) is 11.6 Å². The molecule has 6 nitrogen and oxygen atoms in total. The normalized spacial score (nSPS) is 23.3. The van der Waals surface area contributed by atoms with E-state index in [0.717, 1.165) is 5.56 Å². The Labute approximate surface area is 209 Å². The fourth-order valence-electron chi connectivity index (χ4n) is 4.85. The molecule has 2 unspecified atom stereocenters. The van der Waals surface area contributed by atoms with Gasteiger partial charge in [-0.3, -0.25) is 14.4 Å². The molecule has 1 aromatic heterocycles. The molecule has 0 amide bonds. The summed E-state index contributed by atoms with van der Waals surface area (Å²) in [6.07, 6.45) is 0. The van der Waals surface area contributed by atoms with Crippen molar-refractivity contribution in [2.75, 3.05) is 0 Å². The van der Waals surface area contributed by atoms with Crippen molar-refractivity contribution < 1.29 is 14.4 Å². The average molecular weight is 498 g/mol. The summed E-state index contributed by atoms with van der Waals surface area (Å²) in [5, 5.41) is 19.3. The molecule has 2 aliphatic rings. The zero-order valence-electron chi connectivity index (χ0n) is 17.8. The second-order valence-electron chi connectivity index (χ2n) is 8.11. The van der Waals surface area contributed by atoms with E-state index in [1.54, 1.807) is 30.3 Å². The summed E-state index contributed by atoms with van der Waals surface area (Å²) in [6.45, 7) is 0. The van der Waals surface area contributed by atoms with Gasteiger partial charge in [0.05, 0.1) is 12.1 Å². The molecule has 2 aromatic carbocycles. The summed E-state index contributed by atoms with van der Waals surface area (Å²) in [5.74, 6) is -2.71. The Hall–Kier alpha value is -4.23. The molecule has 0 spiro atoms. The van der Waals surface area contributed by atoms with Crippen LogP contribution in [-0.4, -0.2) is 22.3 Å². The molecule has 0 fully saturated rings. The maximum atomic E-state index is 13.7. The zero-order valence-corrected chi connectivity index (χ0v) is 19.3. The number of hydrogen-bond acceptors (Lipinski definition) is 5. The van der Waals surface area contributed by atoms with Gasteiger partial charge >= 0.3 is 0 Å². The van der Waals surface area contributed by atoms with Crippen molar-refractivity contribution in [3.8, 4) is 23.4 Å². The second kappa shape index (κ2) is 7.92. The Kier molecular flexibility index (Phi) is 5.11. The van der Waals surface area contributed by atoms with Crippen LogP contribution in [0, 0.1) is 33.5 Å². The molecule has 0 aliphatic heterocycles. The van der Waals surface area contributed by atoms with Crippen molar-refractivity contribution in [2.24, 2.45) is 10.8 Å². The lowest BCUT2D eigenvalue weighted by Crippen LogP contribution is -2.64. The van der Waals surface area contributed by atoms with Crippen LogP contribution >= 0.6 is 23.2 Å². The van der Waals surface area contributed by atoms with Crippen LogP contribution in [-0.2, 0) is 9.59 Å². The van der Waals surface area contributed by atoms with Crippen LogP contribution in [0.2, 0.25) is 0 Å². The number of nitrogens with one attached hydrogen (secondary N) is 1. The lowest BCUT2D eigenvalue weighted by molar-refractivity contribution is -0.134. The number of Topliss-reactive ketones (excluding diaryl/α,β-unsaturated/α-hetero) is 3. The molecule has 1 N–H and O–H groups in total. The van der Waals surface area contributed by atoms with E-state index in [0.29, 0.717) is 5.69 Å². The SMILES string of the molecule is N#CC12C(=O)C(Cl)=C(Cl)C(=O)C1(C#N)C(c1ccc(-c3ccccc3)[nH]1)=C2C(=O)c1ccccc1. The minimum Gasteiger partial charge on any atom is -0.355 e. The summed E-state index contributed by atoms with van der Waals surface area (Å²) in [5.41, 5.74) is -3.20. The molecule has 3 aromatic rings. The maximum absolute atomic E-state index is 13.7. The van der Waals surface area contributed by atoms with Crippen LogP contribution in [0.25, 0.3) is 16.8 Å². The van der Waals surface area contributed by atoms with Gasteiger partial charge in [0.1, 0.15) is 10.1 Å². The molecule has 8 heteroatoms. The van der Waals surface area contributed by atoms with Gasteiger partial charge in [-0.25, -0.2) is 0 Å². The Balaban J connectivity index is 1.84. The van der Waals surface area contributed by atoms with Gasteiger partial charge in [-0.05, 0) is 17.7 Å². The second-order valence-corrected chi connectivity index (χ2v) is 8.86. The minimum atomic E-state index is -2.44. The van der Waals surface area contributed by atoms with E-state index in [4.69, 9.17) is 23.2 Å². The minimum absolute atomic E-state index is 0.0572. The Morgan fingerprint density at radius 1 is 0.743 bits per heavy atom. The van der Waals surface area contributed by atoms with Gasteiger partial charge in [0, 0.05) is 28.1 Å². The number of aromatic nitrogens is 1. The van der Waals surface area contributed by atoms with Crippen molar-refractivity contribution in [3.63, 3.8) is 0 Å². The van der Waals surface area contributed by atoms with Gasteiger partial charge in [0.15, 0.2) is 16.6 Å². The van der Waals surface area contributed by atoms with Crippen LogP contribution < -0.4 is 0 Å². The number of hydrogen-bond donors (Lipinski definition) is 1. The van der Waals surface area contributed by atoms with E-state index in [1.165, 1.54) is 12.1 Å². The molecule has 5 rings (SSSR count). The summed E-state index contributed by atoms with van der Waals surface area (Å²) < 4.78 is 0. The van der Waals surface area contributed by atoms with Crippen LogP contribution in [0.1, 0.15) is 16.1 Å². The van der Waals surface area contributed by atoms with Crippen molar-refractivity contribution in [2.45, 2.75) is 0 Å². The van der Waals surface area contributed by atoms with Crippen LogP contribution in [0.5, 0.6) is 0 Å². The van der Waals surface area contributed by atoms with Crippen LogP contribution in [0.15, 0.2) is 88.4 Å². The standard InChI is InChI=1S/C27H13Cl2N3O3/c28-21-22(29)25(35)27(14-31)20(23(33)16-9-5-2-6-10-16)19(26(27,13-30)24(21)34)18-12-11-17(32-18)15-7-3-1-4-8-15/h1-12,32H. The van der Waals surface area contributed by atoms with Crippen molar-refractivity contribution in [1.82, 2.24) is 4.98 Å². The largest absolute Gasteiger partial charge is 0.355 e. The summed E-state index contributed by atoms with van der Waals surface area (Å²) in [7, 11) is 0.